The predicted molar refractivity (Wildman–Crippen MR) is 81.7 cm³/mol. The summed E-state index contributed by atoms with van der Waals surface area (Å²) in [5.74, 6) is 0.980. The molecule has 0 bridgehead atoms. The molecule has 22 heavy (non-hydrogen) atoms. The van der Waals surface area contributed by atoms with Crippen LogP contribution in [-0.4, -0.2) is 47.0 Å². The fraction of sp³-hybridized carbons (Fsp3) is 0.231. The van der Waals surface area contributed by atoms with Gasteiger partial charge in [-0.15, -0.1) is 5.10 Å². The van der Waals surface area contributed by atoms with Gasteiger partial charge in [-0.05, 0) is 24.3 Å². The van der Waals surface area contributed by atoms with Crippen molar-refractivity contribution in [3.63, 3.8) is 0 Å². The highest BCUT2D eigenvalue weighted by molar-refractivity contribution is 7.99. The molecule has 1 heterocycles. The minimum Gasteiger partial charge on any atom is -0.497 e. The smallest absolute Gasteiger partial charge is 0.321 e. The van der Waals surface area contributed by atoms with Crippen LogP contribution in [0.5, 0.6) is 5.75 Å². The van der Waals surface area contributed by atoms with Gasteiger partial charge in [-0.2, -0.15) is 0 Å². The van der Waals surface area contributed by atoms with E-state index < -0.39 is 11.9 Å². The Balaban J connectivity index is 1.93. The average Bonchev–Trinajstić information content (AvgIpc) is 3.02. The van der Waals surface area contributed by atoms with Gasteiger partial charge >= 0.3 is 6.03 Å². The molecule has 8 nitrogen and oxygen atoms in total. The number of imide groups is 1. The van der Waals surface area contributed by atoms with E-state index in [-0.39, 0.29) is 5.75 Å². The molecule has 0 aliphatic heterocycles. The van der Waals surface area contributed by atoms with E-state index in [1.165, 1.54) is 7.05 Å². The number of carbonyl (C=O) groups is 2. The second kappa shape index (κ2) is 7.46. The number of aromatic nitrogens is 3. The Kier molecular flexibility index (Phi) is 5.37. The fourth-order valence-electron chi connectivity index (χ4n) is 1.54. The van der Waals surface area contributed by atoms with Crippen molar-refractivity contribution in [2.24, 2.45) is 0 Å². The Bertz CT molecular complexity index is 656. The van der Waals surface area contributed by atoms with Crippen LogP contribution in [0.2, 0.25) is 0 Å². The maximum Gasteiger partial charge on any atom is 0.321 e. The number of amides is 3. The molecular formula is C13H15N5O3S. The number of benzene rings is 1. The van der Waals surface area contributed by atoms with Gasteiger partial charge in [-0.3, -0.25) is 15.2 Å². The Morgan fingerprint density at radius 2 is 2.05 bits per heavy atom. The molecule has 0 radical (unpaired) electrons. The third kappa shape index (κ3) is 4.22. The molecule has 3 N–H and O–H groups in total. The Labute approximate surface area is 131 Å². The van der Waals surface area contributed by atoms with Crippen molar-refractivity contribution in [2.75, 3.05) is 19.9 Å². The van der Waals surface area contributed by atoms with Crippen molar-refractivity contribution >= 4 is 23.7 Å². The van der Waals surface area contributed by atoms with E-state index in [0.717, 1.165) is 23.1 Å². The van der Waals surface area contributed by atoms with Gasteiger partial charge in [0.05, 0.1) is 12.9 Å². The van der Waals surface area contributed by atoms with Gasteiger partial charge in [0.25, 0.3) is 0 Å². The first-order valence-electron chi connectivity index (χ1n) is 6.33. The van der Waals surface area contributed by atoms with E-state index in [9.17, 15) is 9.59 Å². The number of ether oxygens (including phenoxy) is 1. The highest BCUT2D eigenvalue weighted by Crippen LogP contribution is 2.21. The molecule has 0 saturated carbocycles. The monoisotopic (exact) mass is 321 g/mol. The Morgan fingerprint density at radius 3 is 2.68 bits per heavy atom. The SMILES string of the molecule is CNC(=O)NC(=O)CSc1n[nH]c(-c2ccc(OC)cc2)n1. The molecule has 3 amide bonds. The van der Waals surface area contributed by atoms with E-state index in [1.54, 1.807) is 7.11 Å². The highest BCUT2D eigenvalue weighted by Gasteiger charge is 2.10. The molecule has 0 fully saturated rings. The second-order valence-corrected chi connectivity index (χ2v) is 5.05. The van der Waals surface area contributed by atoms with Crippen molar-refractivity contribution in [3.05, 3.63) is 24.3 Å². The Morgan fingerprint density at radius 1 is 1.32 bits per heavy atom. The van der Waals surface area contributed by atoms with Crippen molar-refractivity contribution in [1.29, 1.82) is 0 Å². The number of H-pyrrole nitrogens is 1. The molecule has 0 aliphatic rings. The summed E-state index contributed by atoms with van der Waals surface area (Å²) in [7, 11) is 3.04. The van der Waals surface area contributed by atoms with Crippen LogP contribution in [0.1, 0.15) is 0 Å². The lowest BCUT2D eigenvalue weighted by molar-refractivity contribution is -0.117. The quantitative estimate of drug-likeness (QED) is 0.710. The number of hydrogen-bond acceptors (Lipinski definition) is 6. The predicted octanol–water partition coefficient (Wildman–Crippen LogP) is 1.03. The molecule has 1 aromatic carbocycles. The third-order valence-electron chi connectivity index (χ3n) is 2.64. The summed E-state index contributed by atoms with van der Waals surface area (Å²) in [6.07, 6.45) is 0. The van der Waals surface area contributed by atoms with Crippen molar-refractivity contribution in [1.82, 2.24) is 25.8 Å². The van der Waals surface area contributed by atoms with Crippen molar-refractivity contribution in [3.8, 4) is 17.1 Å². The first-order valence-corrected chi connectivity index (χ1v) is 7.32. The first kappa shape index (κ1) is 15.8. The van der Waals surface area contributed by atoms with Crippen LogP contribution in [0.4, 0.5) is 4.79 Å². The number of carbonyl (C=O) groups excluding carboxylic acids is 2. The van der Waals surface area contributed by atoms with Crippen molar-refractivity contribution in [2.45, 2.75) is 5.16 Å². The summed E-state index contributed by atoms with van der Waals surface area (Å²) in [6, 6.07) is 6.81. The van der Waals surface area contributed by atoms with Gasteiger partial charge in [-0.25, -0.2) is 9.78 Å². The van der Waals surface area contributed by atoms with Gasteiger partial charge in [0.1, 0.15) is 5.75 Å². The van der Waals surface area contributed by atoms with Gasteiger partial charge in [0, 0.05) is 12.6 Å². The van der Waals surface area contributed by atoms with E-state index in [0.29, 0.717) is 11.0 Å². The van der Waals surface area contributed by atoms with Crippen LogP contribution in [0.25, 0.3) is 11.4 Å². The number of aromatic amines is 1. The maximum atomic E-state index is 11.5. The number of nitrogens with zero attached hydrogens (tertiary/aromatic N) is 2. The summed E-state index contributed by atoms with van der Waals surface area (Å²) >= 11 is 1.13. The molecule has 9 heteroatoms. The summed E-state index contributed by atoms with van der Waals surface area (Å²) in [5.41, 5.74) is 0.856. The number of methoxy groups -OCH3 is 1. The van der Waals surface area contributed by atoms with E-state index in [2.05, 4.69) is 25.8 Å². The zero-order valence-corrected chi connectivity index (χ0v) is 12.9. The van der Waals surface area contributed by atoms with Crippen LogP contribution in [0.3, 0.4) is 0 Å². The molecule has 0 spiro atoms. The van der Waals surface area contributed by atoms with Crippen LogP contribution < -0.4 is 15.4 Å². The summed E-state index contributed by atoms with van der Waals surface area (Å²) < 4.78 is 5.09. The first-order chi connectivity index (χ1) is 10.6. The normalized spacial score (nSPS) is 10.1. The minimum absolute atomic E-state index is 0.0489. The summed E-state index contributed by atoms with van der Waals surface area (Å²) in [6.45, 7) is 0. The average molecular weight is 321 g/mol. The molecular weight excluding hydrogens is 306 g/mol. The van der Waals surface area contributed by atoms with Crippen LogP contribution in [0, 0.1) is 0 Å². The molecule has 116 valence electrons. The number of rotatable bonds is 5. The van der Waals surface area contributed by atoms with E-state index >= 15 is 0 Å². The lowest BCUT2D eigenvalue weighted by Gasteiger charge is -2.01. The van der Waals surface area contributed by atoms with E-state index in [4.69, 9.17) is 4.74 Å². The molecule has 0 unspecified atom stereocenters. The molecule has 1 aromatic heterocycles. The lowest BCUT2D eigenvalue weighted by atomic mass is 10.2. The highest BCUT2D eigenvalue weighted by atomic mass is 32.2. The molecule has 2 aromatic rings. The van der Waals surface area contributed by atoms with Gasteiger partial charge in [0.2, 0.25) is 11.1 Å². The summed E-state index contributed by atoms with van der Waals surface area (Å²) in [5, 5.41) is 11.7. The zero-order valence-electron chi connectivity index (χ0n) is 12.0. The topological polar surface area (TPSA) is 109 Å². The van der Waals surface area contributed by atoms with Crippen LogP contribution in [-0.2, 0) is 4.79 Å². The number of nitrogens with one attached hydrogen (secondary N) is 3. The zero-order chi connectivity index (χ0) is 15.9. The maximum absolute atomic E-state index is 11.5. The number of thioether (sulfide) groups is 1. The summed E-state index contributed by atoms with van der Waals surface area (Å²) in [4.78, 5) is 26.7. The van der Waals surface area contributed by atoms with Gasteiger partial charge in [0.15, 0.2) is 5.82 Å². The standard InChI is InChI=1S/C13H15N5O3S/c1-14-12(20)15-10(19)7-22-13-16-11(17-18-13)8-3-5-9(21-2)6-4-8/h3-6H,7H2,1-2H3,(H,16,17,18)(H2,14,15,19,20). The largest absolute Gasteiger partial charge is 0.497 e. The van der Waals surface area contributed by atoms with Crippen LogP contribution >= 0.6 is 11.8 Å². The molecule has 0 atom stereocenters. The van der Waals surface area contributed by atoms with E-state index in [1.807, 2.05) is 24.3 Å². The van der Waals surface area contributed by atoms with Gasteiger partial charge in [-0.1, -0.05) is 11.8 Å². The molecule has 0 saturated heterocycles. The third-order valence-corrected chi connectivity index (χ3v) is 3.49. The number of urea groups is 1. The van der Waals surface area contributed by atoms with Crippen molar-refractivity contribution < 1.29 is 14.3 Å². The molecule has 0 aliphatic carbocycles. The number of hydrogen-bond donors (Lipinski definition) is 3. The second-order valence-electron chi connectivity index (χ2n) is 4.11. The van der Waals surface area contributed by atoms with Gasteiger partial charge < -0.3 is 10.1 Å². The molecule has 2 rings (SSSR count). The van der Waals surface area contributed by atoms with Crippen LogP contribution in [0.15, 0.2) is 29.4 Å². The minimum atomic E-state index is -0.542. The fourth-order valence-corrected chi connectivity index (χ4v) is 2.14. The Hall–Kier alpha value is -2.55. The lowest BCUT2D eigenvalue weighted by Crippen LogP contribution is -2.38.